The third-order valence-electron chi connectivity index (χ3n) is 3.27. The van der Waals surface area contributed by atoms with Crippen LogP contribution < -0.4 is 22.5 Å². The maximum Gasteiger partial charge on any atom is 0.119 e. The van der Waals surface area contributed by atoms with Crippen LogP contribution in [0.25, 0.3) is 10.9 Å². The van der Waals surface area contributed by atoms with E-state index in [1.54, 1.807) is 7.11 Å². The quantitative estimate of drug-likeness (QED) is 0.651. The second kappa shape index (κ2) is 7.15. The average molecular weight is 426 g/mol. The van der Waals surface area contributed by atoms with E-state index in [1.807, 2.05) is 25.1 Å². The van der Waals surface area contributed by atoms with E-state index in [9.17, 15) is 0 Å². The van der Waals surface area contributed by atoms with E-state index < -0.39 is 0 Å². The van der Waals surface area contributed by atoms with Gasteiger partial charge in [0.1, 0.15) is 5.75 Å². The van der Waals surface area contributed by atoms with Crippen LogP contribution >= 0.6 is 22.6 Å². The van der Waals surface area contributed by atoms with Crippen LogP contribution in [0.1, 0.15) is 5.69 Å². The van der Waals surface area contributed by atoms with Gasteiger partial charge in [-0.25, -0.2) is 0 Å². The average Bonchev–Trinajstić information content (AvgIpc) is 2.49. The molecule has 22 heavy (non-hydrogen) atoms. The number of methoxy groups -OCH3 is 1. The molecule has 114 valence electrons. The lowest BCUT2D eigenvalue weighted by molar-refractivity contribution is -0.00000448. The summed E-state index contributed by atoms with van der Waals surface area (Å²) in [5.41, 5.74) is 4.05. The van der Waals surface area contributed by atoms with Crippen molar-refractivity contribution in [1.29, 1.82) is 0 Å². The Morgan fingerprint density at radius 1 is 1.05 bits per heavy atom. The maximum absolute atomic E-state index is 5.32. The topological polar surface area (TPSA) is 34.1 Å². The molecule has 2 aromatic carbocycles. The molecule has 0 bridgehead atoms. The van der Waals surface area contributed by atoms with Crippen LogP contribution in [0, 0.1) is 10.5 Å². The number of anilines is 2. The molecule has 3 aromatic rings. The molecule has 0 spiro atoms. The molecule has 0 atom stereocenters. The summed E-state index contributed by atoms with van der Waals surface area (Å²) >= 11 is 2.30. The van der Waals surface area contributed by atoms with E-state index in [2.05, 4.69) is 63.2 Å². The summed E-state index contributed by atoms with van der Waals surface area (Å²) in [6.45, 7) is 2.00. The molecule has 3 nitrogen and oxygen atoms in total. The number of rotatable bonds is 3. The van der Waals surface area contributed by atoms with Crippen molar-refractivity contribution >= 4 is 44.9 Å². The van der Waals surface area contributed by atoms with Crippen molar-refractivity contribution in [2.24, 2.45) is 0 Å². The molecule has 0 aliphatic carbocycles. The highest BCUT2D eigenvalue weighted by Gasteiger charge is 2.06. The summed E-state index contributed by atoms with van der Waals surface area (Å²) in [6.07, 6.45) is 0. The van der Waals surface area contributed by atoms with Crippen LogP contribution in [0.4, 0.5) is 11.4 Å². The molecule has 0 saturated carbocycles. The van der Waals surface area contributed by atoms with Crippen molar-refractivity contribution in [1.82, 2.24) is 4.98 Å². The number of hydrogen-bond donors (Lipinski definition) is 1. The van der Waals surface area contributed by atoms with Gasteiger partial charge in [-0.2, -0.15) is 0 Å². The second-order valence-corrected chi connectivity index (χ2v) is 6.07. The van der Waals surface area contributed by atoms with Crippen LogP contribution in [0.15, 0.2) is 48.5 Å². The van der Waals surface area contributed by atoms with E-state index in [0.717, 1.165) is 33.7 Å². The molecule has 5 heteroatoms. The number of benzene rings is 2. The third-order valence-corrected chi connectivity index (χ3v) is 3.99. The molecule has 0 saturated heterocycles. The van der Waals surface area contributed by atoms with Gasteiger partial charge in [0, 0.05) is 26.0 Å². The van der Waals surface area contributed by atoms with Crippen molar-refractivity contribution < 1.29 is 17.1 Å². The zero-order valence-electron chi connectivity index (χ0n) is 12.2. The zero-order chi connectivity index (χ0) is 14.8. The predicted octanol–water partition coefficient (Wildman–Crippen LogP) is 1.90. The van der Waals surface area contributed by atoms with Crippen molar-refractivity contribution in [2.45, 2.75) is 6.92 Å². The Balaban J connectivity index is 0.00000176. The van der Waals surface area contributed by atoms with Gasteiger partial charge in [-0.3, -0.25) is 4.98 Å². The number of nitrogens with one attached hydrogen (secondary N) is 1. The second-order valence-electron chi connectivity index (χ2n) is 4.83. The van der Waals surface area contributed by atoms with Gasteiger partial charge >= 0.3 is 0 Å². The van der Waals surface area contributed by atoms with Crippen LogP contribution in [0.3, 0.4) is 0 Å². The highest BCUT2D eigenvalue weighted by molar-refractivity contribution is 14.1. The first-order chi connectivity index (χ1) is 10.2. The lowest BCUT2D eigenvalue weighted by Gasteiger charge is -2.12. The smallest absolute Gasteiger partial charge is 0.119 e. The molecule has 0 aliphatic rings. The molecule has 0 fully saturated rings. The molecule has 1 N–H and O–H groups in total. The summed E-state index contributed by atoms with van der Waals surface area (Å²) in [6, 6.07) is 16.3. The molecular formula is C17H15ClIN2O-. The Hall–Kier alpha value is -1.53. The van der Waals surface area contributed by atoms with E-state index in [4.69, 9.17) is 4.74 Å². The van der Waals surface area contributed by atoms with E-state index in [0.29, 0.717) is 0 Å². The van der Waals surface area contributed by atoms with Crippen LogP contribution in [0.5, 0.6) is 5.75 Å². The first kappa shape index (κ1) is 16.8. The number of fused-ring (bicyclic) bond motifs is 1. The van der Waals surface area contributed by atoms with Crippen molar-refractivity contribution in [2.75, 3.05) is 12.4 Å². The van der Waals surface area contributed by atoms with Gasteiger partial charge in [-0.15, -0.1) is 0 Å². The fourth-order valence-electron chi connectivity index (χ4n) is 2.26. The molecule has 1 heterocycles. The fourth-order valence-corrected chi connectivity index (χ4v) is 2.62. The summed E-state index contributed by atoms with van der Waals surface area (Å²) < 4.78 is 6.54. The Labute approximate surface area is 149 Å². The number of hydrogen-bond acceptors (Lipinski definition) is 3. The maximum atomic E-state index is 5.32. The highest BCUT2D eigenvalue weighted by atomic mass is 127. The lowest BCUT2D eigenvalue weighted by atomic mass is 10.1. The number of pyridine rings is 1. The summed E-state index contributed by atoms with van der Waals surface area (Å²) in [5.74, 6) is 0.832. The largest absolute Gasteiger partial charge is 1.00 e. The van der Waals surface area contributed by atoms with Gasteiger partial charge in [0.15, 0.2) is 0 Å². The lowest BCUT2D eigenvalue weighted by Crippen LogP contribution is -3.00. The summed E-state index contributed by atoms with van der Waals surface area (Å²) in [5, 5.41) is 4.52. The van der Waals surface area contributed by atoms with Gasteiger partial charge < -0.3 is 22.5 Å². The minimum absolute atomic E-state index is 0. The Bertz CT molecular complexity index is 791. The number of halogens is 2. The molecular weight excluding hydrogens is 411 g/mol. The molecule has 1 aromatic heterocycles. The van der Waals surface area contributed by atoms with Crippen molar-refractivity contribution in [3.8, 4) is 5.75 Å². The van der Waals surface area contributed by atoms with Gasteiger partial charge in [-0.1, -0.05) is 0 Å². The van der Waals surface area contributed by atoms with E-state index in [-0.39, 0.29) is 12.4 Å². The third kappa shape index (κ3) is 3.62. The Morgan fingerprint density at radius 3 is 2.45 bits per heavy atom. The number of aromatic nitrogens is 1. The number of ether oxygens (including phenoxy) is 1. The van der Waals surface area contributed by atoms with Crippen molar-refractivity contribution in [3.05, 3.63) is 57.8 Å². The molecule has 0 radical (unpaired) electrons. The van der Waals surface area contributed by atoms with Crippen LogP contribution in [-0.4, -0.2) is 12.1 Å². The fraction of sp³-hybridized carbons (Fsp3) is 0.118. The molecule has 3 rings (SSSR count). The first-order valence-electron chi connectivity index (χ1n) is 6.64. The number of nitrogens with zero attached hydrogens (tertiary/aromatic N) is 1. The van der Waals surface area contributed by atoms with Crippen LogP contribution in [0.2, 0.25) is 0 Å². The zero-order valence-corrected chi connectivity index (χ0v) is 15.1. The minimum Gasteiger partial charge on any atom is -1.00 e. The SMILES string of the molecule is COc1ccc2nc(C)cc(Nc3ccc(I)cc3)c2c1.[Cl-]. The van der Waals surface area contributed by atoms with Crippen molar-refractivity contribution in [3.63, 3.8) is 0 Å². The normalized spacial score (nSPS) is 10.1. The molecule has 0 amide bonds. The first-order valence-corrected chi connectivity index (χ1v) is 7.71. The summed E-state index contributed by atoms with van der Waals surface area (Å²) in [4.78, 5) is 4.57. The van der Waals surface area contributed by atoms with Gasteiger partial charge in [0.2, 0.25) is 0 Å². The standard InChI is InChI=1S/C17H15IN2O.ClH/c1-11-9-17(20-13-5-3-12(18)4-6-13)15-10-14(21-2)7-8-16(15)19-11;/h3-10H,1-2H3,(H,19,20);1H/p-1. The molecule has 0 aliphatic heterocycles. The molecule has 0 unspecified atom stereocenters. The predicted molar refractivity (Wildman–Crippen MR) is 95.5 cm³/mol. The minimum atomic E-state index is 0. The summed E-state index contributed by atoms with van der Waals surface area (Å²) in [7, 11) is 1.68. The van der Waals surface area contributed by atoms with E-state index in [1.165, 1.54) is 3.57 Å². The van der Waals surface area contributed by atoms with Gasteiger partial charge in [0.05, 0.1) is 12.6 Å². The van der Waals surface area contributed by atoms with Crippen LogP contribution in [-0.2, 0) is 0 Å². The highest BCUT2D eigenvalue weighted by Crippen LogP contribution is 2.29. The van der Waals surface area contributed by atoms with E-state index >= 15 is 0 Å². The monoisotopic (exact) mass is 425 g/mol. The number of aryl methyl sites for hydroxylation is 1. The van der Waals surface area contributed by atoms with Gasteiger partial charge in [-0.05, 0) is 78.0 Å². The Kier molecular flexibility index (Phi) is 5.47. The Morgan fingerprint density at radius 2 is 1.77 bits per heavy atom. The van der Waals surface area contributed by atoms with Gasteiger partial charge in [0.25, 0.3) is 0 Å².